The van der Waals surface area contributed by atoms with Crippen molar-refractivity contribution in [1.29, 1.82) is 0 Å². The molecule has 1 aromatic rings. The monoisotopic (exact) mass is 263 g/mol. The minimum absolute atomic E-state index is 0. The quantitative estimate of drug-likeness (QED) is 0.457. The molecule has 1 fully saturated rings. The van der Waals surface area contributed by atoms with E-state index in [-0.39, 0.29) is 29.6 Å². The maximum Gasteiger partial charge on any atom is 1.00 e. The van der Waals surface area contributed by atoms with Crippen LogP contribution in [0.3, 0.4) is 0 Å². The van der Waals surface area contributed by atoms with Crippen LogP contribution in [0.25, 0.3) is 0 Å². The van der Waals surface area contributed by atoms with Crippen LogP contribution in [0.5, 0.6) is 0 Å². The number of benzene rings is 1. The third-order valence-electron chi connectivity index (χ3n) is 2.63. The van der Waals surface area contributed by atoms with E-state index in [4.69, 9.17) is 4.74 Å². The van der Waals surface area contributed by atoms with Gasteiger partial charge in [-0.15, -0.1) is 0 Å². The van der Waals surface area contributed by atoms with Crippen molar-refractivity contribution < 1.29 is 43.1 Å². The van der Waals surface area contributed by atoms with Crippen molar-refractivity contribution >= 4 is 11.1 Å². The first kappa shape index (κ1) is 15.3. The molecule has 0 aliphatic carbocycles. The van der Waals surface area contributed by atoms with Crippen molar-refractivity contribution in [3.63, 3.8) is 0 Å². The molecule has 1 atom stereocenters. The average Bonchev–Trinajstić information content (AvgIpc) is 2.31. The van der Waals surface area contributed by atoms with E-state index >= 15 is 0 Å². The number of rotatable bonds is 3. The van der Waals surface area contributed by atoms with Gasteiger partial charge in [0.15, 0.2) is 0 Å². The maximum absolute atomic E-state index is 10.7. The molecule has 88 valence electrons. The van der Waals surface area contributed by atoms with E-state index in [1.165, 1.54) is 0 Å². The molecular weight excluding hydrogens is 249 g/mol. The standard InChI is InChI=1S/C11H15NO3S.Na/c13-16(14)11-3-1-10(2-4-11)9-12-5-7-15-8-6-12;/h1-4H,5-9H2,(H,13,14);/q;+1/p-1. The Kier molecular flexibility index (Phi) is 6.87. The molecule has 0 radical (unpaired) electrons. The second-order valence-corrected chi connectivity index (χ2v) is 4.71. The van der Waals surface area contributed by atoms with Crippen LogP contribution in [0.4, 0.5) is 0 Å². The van der Waals surface area contributed by atoms with Gasteiger partial charge in [0.2, 0.25) is 0 Å². The Morgan fingerprint density at radius 3 is 2.35 bits per heavy atom. The van der Waals surface area contributed by atoms with Crippen LogP contribution in [0, 0.1) is 0 Å². The molecule has 0 N–H and O–H groups in total. The zero-order valence-corrected chi connectivity index (χ0v) is 12.7. The summed E-state index contributed by atoms with van der Waals surface area (Å²) in [6.45, 7) is 4.30. The molecule has 2 rings (SSSR count). The fourth-order valence-corrected chi connectivity index (χ4v) is 2.08. The summed E-state index contributed by atoms with van der Waals surface area (Å²) in [5.74, 6) is 0. The van der Waals surface area contributed by atoms with Gasteiger partial charge < -0.3 is 9.29 Å². The maximum atomic E-state index is 10.7. The Morgan fingerprint density at radius 2 is 1.82 bits per heavy atom. The van der Waals surface area contributed by atoms with E-state index in [0.29, 0.717) is 4.90 Å². The molecule has 1 aliphatic heterocycles. The molecule has 1 aliphatic rings. The summed E-state index contributed by atoms with van der Waals surface area (Å²) < 4.78 is 26.6. The predicted molar refractivity (Wildman–Crippen MR) is 59.7 cm³/mol. The van der Waals surface area contributed by atoms with Crippen molar-refractivity contribution in [3.8, 4) is 0 Å². The van der Waals surface area contributed by atoms with Gasteiger partial charge in [-0.3, -0.25) is 9.11 Å². The Balaban J connectivity index is 0.00000144. The van der Waals surface area contributed by atoms with Gasteiger partial charge in [-0.2, -0.15) is 0 Å². The first-order valence-corrected chi connectivity index (χ1v) is 6.31. The molecular formula is C11H14NNaO3S. The van der Waals surface area contributed by atoms with Gasteiger partial charge in [-0.25, -0.2) is 0 Å². The fraction of sp³-hybridized carbons (Fsp3) is 0.455. The Bertz CT molecular complexity index is 365. The molecule has 0 bridgehead atoms. The van der Waals surface area contributed by atoms with Crippen LogP contribution in [0.2, 0.25) is 0 Å². The van der Waals surface area contributed by atoms with Gasteiger partial charge in [0, 0.05) is 24.5 Å². The first-order valence-electron chi connectivity index (χ1n) is 5.24. The Labute approximate surface area is 126 Å². The zero-order chi connectivity index (χ0) is 11.4. The predicted octanol–water partition coefficient (Wildman–Crippen LogP) is -2.24. The molecule has 4 nitrogen and oxygen atoms in total. The number of hydrogen-bond donors (Lipinski definition) is 0. The van der Waals surface area contributed by atoms with Gasteiger partial charge in [0.05, 0.1) is 13.2 Å². The number of nitrogens with zero attached hydrogens (tertiary/aromatic N) is 1. The van der Waals surface area contributed by atoms with Crippen LogP contribution in [-0.4, -0.2) is 40.0 Å². The van der Waals surface area contributed by atoms with Gasteiger partial charge >= 0.3 is 29.6 Å². The van der Waals surface area contributed by atoms with E-state index < -0.39 is 11.1 Å². The summed E-state index contributed by atoms with van der Waals surface area (Å²) in [6, 6.07) is 7.00. The summed E-state index contributed by atoms with van der Waals surface area (Å²) in [4.78, 5) is 2.64. The summed E-state index contributed by atoms with van der Waals surface area (Å²) >= 11 is -2.13. The summed E-state index contributed by atoms with van der Waals surface area (Å²) in [6.07, 6.45) is 0. The topological polar surface area (TPSA) is 52.6 Å². The third kappa shape index (κ3) is 4.79. The van der Waals surface area contributed by atoms with E-state index in [0.717, 1.165) is 38.4 Å². The van der Waals surface area contributed by atoms with Crippen molar-refractivity contribution in [1.82, 2.24) is 4.90 Å². The van der Waals surface area contributed by atoms with Crippen LogP contribution in [0.15, 0.2) is 29.2 Å². The first-order chi connectivity index (χ1) is 7.75. The molecule has 1 aromatic carbocycles. The molecule has 17 heavy (non-hydrogen) atoms. The number of morpholine rings is 1. The smallest absolute Gasteiger partial charge is 0.768 e. The minimum Gasteiger partial charge on any atom is -0.768 e. The van der Waals surface area contributed by atoms with Gasteiger partial charge in [0.1, 0.15) is 0 Å². The van der Waals surface area contributed by atoms with E-state index in [1.54, 1.807) is 12.1 Å². The SMILES string of the molecule is O=S([O-])c1ccc(CN2CCOCC2)cc1.[Na+]. The third-order valence-corrected chi connectivity index (χ3v) is 3.28. The normalized spacial score (nSPS) is 18.4. The molecule has 6 heteroatoms. The second kappa shape index (κ2) is 7.63. The summed E-state index contributed by atoms with van der Waals surface area (Å²) in [7, 11) is 0. The molecule has 1 heterocycles. The van der Waals surface area contributed by atoms with Gasteiger partial charge in [0.25, 0.3) is 0 Å². The van der Waals surface area contributed by atoms with Crippen LogP contribution in [-0.2, 0) is 22.4 Å². The zero-order valence-electron chi connectivity index (χ0n) is 9.93. The molecule has 0 amide bonds. The van der Waals surface area contributed by atoms with Crippen molar-refractivity contribution in [2.75, 3.05) is 26.3 Å². The Hall–Kier alpha value is 0.250. The van der Waals surface area contributed by atoms with E-state index in [1.807, 2.05) is 12.1 Å². The summed E-state index contributed by atoms with van der Waals surface area (Å²) in [5.41, 5.74) is 1.14. The van der Waals surface area contributed by atoms with E-state index in [2.05, 4.69) is 4.90 Å². The largest absolute Gasteiger partial charge is 1.00 e. The van der Waals surface area contributed by atoms with Crippen LogP contribution < -0.4 is 29.6 Å². The van der Waals surface area contributed by atoms with Crippen LogP contribution >= 0.6 is 0 Å². The molecule has 1 saturated heterocycles. The number of hydrogen-bond acceptors (Lipinski definition) is 4. The van der Waals surface area contributed by atoms with Crippen molar-refractivity contribution in [2.24, 2.45) is 0 Å². The van der Waals surface area contributed by atoms with Gasteiger partial charge in [-0.05, 0) is 28.8 Å². The molecule has 0 saturated carbocycles. The average molecular weight is 263 g/mol. The fourth-order valence-electron chi connectivity index (χ4n) is 1.72. The Morgan fingerprint density at radius 1 is 1.24 bits per heavy atom. The van der Waals surface area contributed by atoms with Crippen molar-refractivity contribution in [3.05, 3.63) is 29.8 Å². The van der Waals surface area contributed by atoms with E-state index in [9.17, 15) is 8.76 Å². The molecule has 0 aromatic heterocycles. The summed E-state index contributed by atoms with van der Waals surface area (Å²) in [5, 5.41) is 0. The van der Waals surface area contributed by atoms with Crippen molar-refractivity contribution in [2.45, 2.75) is 11.4 Å². The number of ether oxygens (including phenoxy) is 1. The molecule has 0 spiro atoms. The van der Waals surface area contributed by atoms with Crippen LogP contribution in [0.1, 0.15) is 5.56 Å². The van der Waals surface area contributed by atoms with Gasteiger partial charge in [-0.1, -0.05) is 12.1 Å². The second-order valence-electron chi connectivity index (χ2n) is 3.77. The molecule has 1 unspecified atom stereocenters. The minimum atomic E-state index is -2.13.